The van der Waals surface area contributed by atoms with Gasteiger partial charge in [-0.05, 0) is 55.3 Å². The topological polar surface area (TPSA) is 66.5 Å². The maximum Gasteiger partial charge on any atom is 0.264 e. The zero-order valence-electron chi connectivity index (χ0n) is 14.2. The summed E-state index contributed by atoms with van der Waals surface area (Å²) in [7, 11) is -3.89. The van der Waals surface area contributed by atoms with Crippen molar-refractivity contribution in [2.75, 3.05) is 17.4 Å². The van der Waals surface area contributed by atoms with Crippen LogP contribution in [0.3, 0.4) is 0 Å². The second kappa shape index (κ2) is 8.36. The Balaban J connectivity index is 2.42. The number of carbonyl (C=O) groups excluding carboxylic acids is 1. The Labute approximate surface area is 153 Å². The Kier molecular flexibility index (Phi) is 6.45. The van der Waals surface area contributed by atoms with Crippen LogP contribution < -0.4 is 9.62 Å². The van der Waals surface area contributed by atoms with Crippen molar-refractivity contribution in [3.8, 4) is 0 Å². The number of rotatable bonds is 7. The van der Waals surface area contributed by atoms with Gasteiger partial charge >= 0.3 is 0 Å². The van der Waals surface area contributed by atoms with E-state index in [9.17, 15) is 13.2 Å². The lowest BCUT2D eigenvalue weighted by Crippen LogP contribution is -2.41. The van der Waals surface area contributed by atoms with Gasteiger partial charge < -0.3 is 5.32 Å². The highest BCUT2D eigenvalue weighted by molar-refractivity contribution is 7.92. The number of hydrogen-bond acceptors (Lipinski definition) is 3. The summed E-state index contributed by atoms with van der Waals surface area (Å²) in [5, 5.41) is 3.16. The highest BCUT2D eigenvalue weighted by atomic mass is 35.5. The highest BCUT2D eigenvalue weighted by Crippen LogP contribution is 2.25. The fourth-order valence-electron chi connectivity index (χ4n) is 2.28. The molecule has 0 aliphatic heterocycles. The number of anilines is 1. The molecule has 7 heteroatoms. The first-order valence-corrected chi connectivity index (χ1v) is 9.78. The molecule has 0 atom stereocenters. The first kappa shape index (κ1) is 19.3. The zero-order chi connectivity index (χ0) is 18.4. The van der Waals surface area contributed by atoms with Gasteiger partial charge in [-0.15, -0.1) is 0 Å². The standard InChI is InChI=1S/C18H21ClN2O3S/c1-3-11-20-18(22)13-21(16-6-4-5-14(2)12-16)25(23,24)17-9-7-15(19)8-10-17/h4-10,12H,3,11,13H2,1-2H3,(H,20,22). The molecule has 0 aliphatic rings. The largest absolute Gasteiger partial charge is 0.355 e. The number of carbonyl (C=O) groups is 1. The quantitative estimate of drug-likeness (QED) is 0.800. The molecule has 0 bridgehead atoms. The number of sulfonamides is 1. The van der Waals surface area contributed by atoms with Crippen LogP contribution in [-0.4, -0.2) is 27.4 Å². The third kappa shape index (κ3) is 4.96. The van der Waals surface area contributed by atoms with Crippen LogP contribution in [0.5, 0.6) is 0 Å². The average Bonchev–Trinajstić information content (AvgIpc) is 2.58. The lowest BCUT2D eigenvalue weighted by molar-refractivity contribution is -0.119. The van der Waals surface area contributed by atoms with Crippen molar-refractivity contribution in [2.45, 2.75) is 25.2 Å². The van der Waals surface area contributed by atoms with Crippen LogP contribution in [0.25, 0.3) is 0 Å². The number of nitrogens with one attached hydrogen (secondary N) is 1. The third-order valence-corrected chi connectivity index (χ3v) is 5.59. The zero-order valence-corrected chi connectivity index (χ0v) is 15.8. The maximum atomic E-state index is 13.1. The van der Waals surface area contributed by atoms with E-state index in [2.05, 4.69) is 5.32 Å². The van der Waals surface area contributed by atoms with Crippen molar-refractivity contribution in [3.63, 3.8) is 0 Å². The molecule has 2 aromatic rings. The highest BCUT2D eigenvalue weighted by Gasteiger charge is 2.27. The number of halogens is 1. The van der Waals surface area contributed by atoms with Gasteiger partial charge in [0.1, 0.15) is 6.54 Å². The first-order valence-electron chi connectivity index (χ1n) is 7.96. The molecule has 5 nitrogen and oxygen atoms in total. The molecule has 1 N–H and O–H groups in total. The Hall–Kier alpha value is -2.05. The molecule has 0 saturated carbocycles. The minimum absolute atomic E-state index is 0.0849. The van der Waals surface area contributed by atoms with E-state index in [0.29, 0.717) is 17.3 Å². The summed E-state index contributed by atoms with van der Waals surface area (Å²) in [5.74, 6) is -0.346. The van der Waals surface area contributed by atoms with Crippen LogP contribution in [0.4, 0.5) is 5.69 Å². The normalized spacial score (nSPS) is 11.2. The van der Waals surface area contributed by atoms with E-state index in [4.69, 9.17) is 11.6 Å². The number of hydrogen-bond donors (Lipinski definition) is 1. The molecule has 0 aliphatic carbocycles. The summed E-state index contributed by atoms with van der Waals surface area (Å²) >= 11 is 5.85. The molecule has 25 heavy (non-hydrogen) atoms. The molecule has 134 valence electrons. The molecular formula is C18H21ClN2O3S. The Bertz CT molecular complexity index is 836. The summed E-state index contributed by atoms with van der Waals surface area (Å²) in [6.07, 6.45) is 0.778. The van der Waals surface area contributed by atoms with Gasteiger partial charge in [0.2, 0.25) is 5.91 Å². The lowest BCUT2D eigenvalue weighted by Gasteiger charge is -2.24. The molecule has 1 amide bonds. The Morgan fingerprint density at radius 2 is 1.84 bits per heavy atom. The Morgan fingerprint density at radius 1 is 1.16 bits per heavy atom. The summed E-state index contributed by atoms with van der Waals surface area (Å²) in [6.45, 7) is 4.02. The molecule has 0 radical (unpaired) electrons. The van der Waals surface area contributed by atoms with E-state index in [-0.39, 0.29) is 17.3 Å². The molecule has 0 fully saturated rings. The molecule has 2 rings (SSSR count). The predicted octanol–water partition coefficient (Wildman–Crippen LogP) is 3.37. The van der Waals surface area contributed by atoms with E-state index in [1.165, 1.54) is 24.3 Å². The second-order valence-electron chi connectivity index (χ2n) is 5.65. The van der Waals surface area contributed by atoms with Crippen molar-refractivity contribution in [1.29, 1.82) is 0 Å². The van der Waals surface area contributed by atoms with Gasteiger partial charge in [-0.2, -0.15) is 0 Å². The molecular weight excluding hydrogens is 360 g/mol. The van der Waals surface area contributed by atoms with Crippen LogP contribution in [0.15, 0.2) is 53.4 Å². The summed E-state index contributed by atoms with van der Waals surface area (Å²) in [5.41, 5.74) is 1.35. The van der Waals surface area contributed by atoms with Gasteiger partial charge in [0.15, 0.2) is 0 Å². The van der Waals surface area contributed by atoms with Crippen LogP contribution >= 0.6 is 11.6 Å². The number of aryl methyl sites for hydroxylation is 1. The average molecular weight is 381 g/mol. The summed E-state index contributed by atoms with van der Waals surface area (Å²) < 4.78 is 27.3. The van der Waals surface area contributed by atoms with Gasteiger partial charge in [0.05, 0.1) is 10.6 Å². The van der Waals surface area contributed by atoms with Crippen molar-refractivity contribution in [1.82, 2.24) is 5.32 Å². The van der Waals surface area contributed by atoms with E-state index < -0.39 is 10.0 Å². The summed E-state index contributed by atoms with van der Waals surface area (Å²) in [4.78, 5) is 12.2. The number of amides is 1. The number of nitrogens with zero attached hydrogens (tertiary/aromatic N) is 1. The molecule has 0 aromatic heterocycles. The maximum absolute atomic E-state index is 13.1. The molecule has 0 heterocycles. The monoisotopic (exact) mass is 380 g/mol. The smallest absolute Gasteiger partial charge is 0.264 e. The molecule has 0 spiro atoms. The van der Waals surface area contributed by atoms with Gasteiger partial charge in [0.25, 0.3) is 10.0 Å². The van der Waals surface area contributed by atoms with Gasteiger partial charge in [-0.1, -0.05) is 30.7 Å². The fourth-order valence-corrected chi connectivity index (χ4v) is 3.82. The van der Waals surface area contributed by atoms with Crippen molar-refractivity contribution in [2.24, 2.45) is 0 Å². The Morgan fingerprint density at radius 3 is 2.44 bits per heavy atom. The molecule has 0 unspecified atom stereocenters. The van der Waals surface area contributed by atoms with Gasteiger partial charge in [-0.3, -0.25) is 9.10 Å². The summed E-state index contributed by atoms with van der Waals surface area (Å²) in [6, 6.07) is 12.9. The lowest BCUT2D eigenvalue weighted by atomic mass is 10.2. The first-order chi connectivity index (χ1) is 11.8. The van der Waals surface area contributed by atoms with Gasteiger partial charge in [-0.25, -0.2) is 8.42 Å². The third-order valence-electron chi connectivity index (χ3n) is 3.55. The fraction of sp³-hybridized carbons (Fsp3) is 0.278. The van der Waals surface area contributed by atoms with Crippen molar-refractivity contribution in [3.05, 3.63) is 59.1 Å². The van der Waals surface area contributed by atoms with Crippen LogP contribution in [0.2, 0.25) is 5.02 Å². The van der Waals surface area contributed by atoms with Crippen molar-refractivity contribution < 1.29 is 13.2 Å². The minimum Gasteiger partial charge on any atom is -0.355 e. The predicted molar refractivity (Wildman–Crippen MR) is 100 cm³/mol. The van der Waals surface area contributed by atoms with Crippen molar-refractivity contribution >= 4 is 33.2 Å². The van der Waals surface area contributed by atoms with E-state index in [1.54, 1.807) is 18.2 Å². The van der Waals surface area contributed by atoms with Crippen LogP contribution in [0, 0.1) is 6.92 Å². The van der Waals surface area contributed by atoms with Crippen LogP contribution in [-0.2, 0) is 14.8 Å². The minimum atomic E-state index is -3.89. The molecule has 0 saturated heterocycles. The van der Waals surface area contributed by atoms with E-state index in [0.717, 1.165) is 16.3 Å². The molecule has 2 aromatic carbocycles. The van der Waals surface area contributed by atoms with Gasteiger partial charge in [0, 0.05) is 11.6 Å². The second-order valence-corrected chi connectivity index (χ2v) is 7.95. The van der Waals surface area contributed by atoms with Crippen LogP contribution in [0.1, 0.15) is 18.9 Å². The van der Waals surface area contributed by atoms with E-state index in [1.807, 2.05) is 19.9 Å². The number of benzene rings is 2. The van der Waals surface area contributed by atoms with E-state index >= 15 is 0 Å². The SMILES string of the molecule is CCCNC(=O)CN(c1cccc(C)c1)S(=O)(=O)c1ccc(Cl)cc1.